The van der Waals surface area contributed by atoms with Crippen LogP contribution in [0.4, 0.5) is 0 Å². The number of benzene rings is 1. The van der Waals surface area contributed by atoms with Crippen molar-refractivity contribution in [2.45, 2.75) is 0 Å². The second-order valence-electron chi connectivity index (χ2n) is 2.84. The molecule has 0 saturated carbocycles. The summed E-state index contributed by atoms with van der Waals surface area (Å²) in [4.78, 5) is 3.17. The van der Waals surface area contributed by atoms with Crippen molar-refractivity contribution in [1.82, 2.24) is 4.98 Å². The number of H-pyrrole nitrogens is 1. The van der Waals surface area contributed by atoms with Crippen LogP contribution in [0.15, 0.2) is 36.5 Å². The molecule has 0 aliphatic rings. The maximum atomic E-state index is 5.58. The van der Waals surface area contributed by atoms with Crippen molar-refractivity contribution in [2.24, 2.45) is 0 Å². The molecule has 0 aliphatic carbocycles. The van der Waals surface area contributed by atoms with E-state index in [9.17, 15) is 0 Å². The number of hydrogen-bond acceptors (Lipinski definition) is 0. The molecule has 13 heavy (non-hydrogen) atoms. The van der Waals surface area contributed by atoms with Crippen LogP contribution >= 0.6 is 11.6 Å². The van der Waals surface area contributed by atoms with E-state index in [1.165, 1.54) is 10.9 Å². The molecule has 2 aromatic rings. The van der Waals surface area contributed by atoms with Crippen molar-refractivity contribution < 1.29 is 0 Å². The van der Waals surface area contributed by atoms with Crippen LogP contribution in [0, 0.1) is 0 Å². The van der Waals surface area contributed by atoms with E-state index < -0.39 is 0 Å². The van der Waals surface area contributed by atoms with Gasteiger partial charge in [0.15, 0.2) is 0 Å². The lowest BCUT2D eigenvalue weighted by molar-refractivity contribution is 1.48. The SMILES string of the molecule is ClCC=Cc1cccc2[nH]ccc12. The number of rotatable bonds is 2. The molecule has 1 aromatic carbocycles. The molecule has 2 heteroatoms. The lowest BCUT2D eigenvalue weighted by Crippen LogP contribution is -1.74. The summed E-state index contributed by atoms with van der Waals surface area (Å²) < 4.78 is 0. The summed E-state index contributed by atoms with van der Waals surface area (Å²) in [6, 6.07) is 8.25. The molecule has 1 heterocycles. The molecule has 0 aliphatic heterocycles. The average molecular weight is 192 g/mol. The van der Waals surface area contributed by atoms with Gasteiger partial charge in [-0.2, -0.15) is 0 Å². The van der Waals surface area contributed by atoms with Crippen LogP contribution in [-0.4, -0.2) is 10.9 Å². The van der Waals surface area contributed by atoms with Gasteiger partial charge in [-0.05, 0) is 17.7 Å². The minimum Gasteiger partial charge on any atom is -0.361 e. The number of nitrogens with one attached hydrogen (secondary N) is 1. The van der Waals surface area contributed by atoms with Gasteiger partial charge in [-0.1, -0.05) is 24.3 Å². The van der Waals surface area contributed by atoms with E-state index in [1.54, 1.807) is 0 Å². The number of fused-ring (bicyclic) bond motifs is 1. The largest absolute Gasteiger partial charge is 0.361 e. The molecule has 0 spiro atoms. The Balaban J connectivity index is 2.54. The zero-order valence-electron chi connectivity index (χ0n) is 7.13. The quantitative estimate of drug-likeness (QED) is 0.701. The Hall–Kier alpha value is -1.21. The molecule has 0 atom stereocenters. The Bertz CT molecular complexity index is 428. The number of hydrogen-bond donors (Lipinski definition) is 1. The highest BCUT2D eigenvalue weighted by Crippen LogP contribution is 2.18. The number of aromatic amines is 1. The van der Waals surface area contributed by atoms with Gasteiger partial charge in [0.25, 0.3) is 0 Å². The molecular formula is C11H10ClN. The number of aromatic nitrogens is 1. The minimum absolute atomic E-state index is 0.556. The van der Waals surface area contributed by atoms with Crippen molar-refractivity contribution in [3.05, 3.63) is 42.1 Å². The highest BCUT2D eigenvalue weighted by Gasteiger charge is 1.96. The Morgan fingerprint density at radius 2 is 2.23 bits per heavy atom. The Kier molecular flexibility index (Phi) is 2.37. The highest BCUT2D eigenvalue weighted by molar-refractivity contribution is 6.19. The van der Waals surface area contributed by atoms with E-state index in [-0.39, 0.29) is 0 Å². The smallest absolute Gasteiger partial charge is 0.0459 e. The zero-order valence-corrected chi connectivity index (χ0v) is 7.88. The summed E-state index contributed by atoms with van der Waals surface area (Å²) in [5, 5.41) is 1.24. The Morgan fingerprint density at radius 3 is 3.08 bits per heavy atom. The maximum absolute atomic E-state index is 5.58. The van der Waals surface area contributed by atoms with Crippen molar-refractivity contribution in [1.29, 1.82) is 0 Å². The van der Waals surface area contributed by atoms with Crippen LogP contribution < -0.4 is 0 Å². The fourth-order valence-electron chi connectivity index (χ4n) is 1.43. The molecule has 66 valence electrons. The molecule has 0 radical (unpaired) electrons. The second-order valence-corrected chi connectivity index (χ2v) is 3.15. The maximum Gasteiger partial charge on any atom is 0.0459 e. The lowest BCUT2D eigenvalue weighted by Gasteiger charge is -1.95. The van der Waals surface area contributed by atoms with Gasteiger partial charge in [0.2, 0.25) is 0 Å². The predicted molar refractivity (Wildman–Crippen MR) is 58.1 cm³/mol. The third-order valence-electron chi connectivity index (χ3n) is 2.02. The summed E-state index contributed by atoms with van der Waals surface area (Å²) in [5.41, 5.74) is 2.37. The minimum atomic E-state index is 0.556. The van der Waals surface area contributed by atoms with E-state index in [0.717, 1.165) is 5.52 Å². The normalized spacial score (nSPS) is 11.5. The van der Waals surface area contributed by atoms with Gasteiger partial charge in [-0.25, -0.2) is 0 Å². The van der Waals surface area contributed by atoms with Gasteiger partial charge < -0.3 is 4.98 Å². The van der Waals surface area contributed by atoms with Crippen molar-refractivity contribution in [3.8, 4) is 0 Å². The zero-order chi connectivity index (χ0) is 9.10. The first kappa shape index (κ1) is 8.39. The van der Waals surface area contributed by atoms with Crippen LogP contribution in [0.5, 0.6) is 0 Å². The van der Waals surface area contributed by atoms with Crippen molar-refractivity contribution in [3.63, 3.8) is 0 Å². The molecule has 1 N–H and O–H groups in total. The topological polar surface area (TPSA) is 15.8 Å². The highest BCUT2D eigenvalue weighted by atomic mass is 35.5. The van der Waals surface area contributed by atoms with Gasteiger partial charge in [-0.15, -0.1) is 11.6 Å². The van der Waals surface area contributed by atoms with E-state index in [4.69, 9.17) is 11.6 Å². The lowest BCUT2D eigenvalue weighted by atomic mass is 10.1. The molecule has 0 bridgehead atoms. The molecule has 0 unspecified atom stereocenters. The Morgan fingerprint density at radius 1 is 1.31 bits per heavy atom. The van der Waals surface area contributed by atoms with E-state index in [1.807, 2.05) is 24.4 Å². The van der Waals surface area contributed by atoms with Crippen molar-refractivity contribution >= 4 is 28.6 Å². The van der Waals surface area contributed by atoms with Gasteiger partial charge in [0.1, 0.15) is 0 Å². The summed E-state index contributed by atoms with van der Waals surface area (Å²) in [5.74, 6) is 0.556. The van der Waals surface area contributed by atoms with Crippen LogP contribution in [0.2, 0.25) is 0 Å². The Labute approximate surface area is 82.0 Å². The summed E-state index contributed by atoms with van der Waals surface area (Å²) in [6.07, 6.45) is 5.94. The van der Waals surface area contributed by atoms with Crippen LogP contribution in [-0.2, 0) is 0 Å². The van der Waals surface area contributed by atoms with Crippen LogP contribution in [0.3, 0.4) is 0 Å². The molecule has 2 rings (SSSR count). The average Bonchev–Trinajstić information content (AvgIpc) is 2.62. The van der Waals surface area contributed by atoms with E-state index in [2.05, 4.69) is 23.2 Å². The van der Waals surface area contributed by atoms with Gasteiger partial charge in [-0.3, -0.25) is 0 Å². The second kappa shape index (κ2) is 3.67. The molecule has 0 amide bonds. The number of halogens is 1. The molecule has 1 nitrogen and oxygen atoms in total. The monoisotopic (exact) mass is 191 g/mol. The third-order valence-corrected chi connectivity index (χ3v) is 2.19. The third kappa shape index (κ3) is 1.61. The van der Waals surface area contributed by atoms with Gasteiger partial charge >= 0.3 is 0 Å². The standard InChI is InChI=1S/C11H10ClN/c12-7-2-4-9-3-1-5-11-10(9)6-8-13-11/h1-6,8,13H,7H2. The fourth-order valence-corrected chi connectivity index (χ4v) is 1.52. The van der Waals surface area contributed by atoms with E-state index >= 15 is 0 Å². The molecular weight excluding hydrogens is 182 g/mol. The van der Waals surface area contributed by atoms with E-state index in [0.29, 0.717) is 5.88 Å². The molecule has 1 aromatic heterocycles. The first-order valence-electron chi connectivity index (χ1n) is 4.20. The number of alkyl halides is 1. The summed E-state index contributed by atoms with van der Waals surface area (Å²) in [6.45, 7) is 0. The molecule has 0 saturated heterocycles. The number of allylic oxidation sites excluding steroid dienone is 1. The van der Waals surface area contributed by atoms with Crippen molar-refractivity contribution in [2.75, 3.05) is 5.88 Å². The first-order chi connectivity index (χ1) is 6.42. The summed E-state index contributed by atoms with van der Waals surface area (Å²) >= 11 is 5.58. The fraction of sp³-hybridized carbons (Fsp3) is 0.0909. The molecule has 0 fully saturated rings. The van der Waals surface area contributed by atoms with Gasteiger partial charge in [0, 0.05) is 23.0 Å². The van der Waals surface area contributed by atoms with Gasteiger partial charge in [0.05, 0.1) is 0 Å². The first-order valence-corrected chi connectivity index (χ1v) is 4.74. The van der Waals surface area contributed by atoms with Crippen LogP contribution in [0.25, 0.3) is 17.0 Å². The van der Waals surface area contributed by atoms with Crippen LogP contribution in [0.1, 0.15) is 5.56 Å². The summed E-state index contributed by atoms with van der Waals surface area (Å²) in [7, 11) is 0. The predicted octanol–water partition coefficient (Wildman–Crippen LogP) is 3.42.